The van der Waals surface area contributed by atoms with Gasteiger partial charge in [0.1, 0.15) is 11.4 Å². The molecule has 0 saturated heterocycles. The Morgan fingerprint density at radius 2 is 1.02 bits per heavy atom. The molecule has 0 atom stereocenters. The summed E-state index contributed by atoms with van der Waals surface area (Å²) < 4.78 is 0. The molecule has 0 unspecified atom stereocenters. The number of hydrogen-bond acceptors (Lipinski definition) is 4. The van der Waals surface area contributed by atoms with Crippen LogP contribution >= 0.6 is 23.2 Å². The summed E-state index contributed by atoms with van der Waals surface area (Å²) in [6, 6.07) is 26.3. The van der Waals surface area contributed by atoms with E-state index in [-0.39, 0.29) is 11.8 Å². The van der Waals surface area contributed by atoms with Crippen LogP contribution in [0.2, 0.25) is 10.0 Å². The van der Waals surface area contributed by atoms with Gasteiger partial charge in [-0.05, 0) is 61.4 Å². The van der Waals surface area contributed by atoms with Crippen molar-refractivity contribution in [1.29, 1.82) is 0 Å². The predicted molar refractivity (Wildman–Crippen MR) is 183 cm³/mol. The SMILES string of the molecule is C=CCN1C(=O)C(=Nc2ccc(C)c(Cl)c2)c2ccccc21.C=CCN1C(=O)C(=Nc2ccc(C)c(Cl)c2)c2ccccc21. The van der Waals surface area contributed by atoms with Crippen LogP contribution in [0.3, 0.4) is 0 Å². The quantitative estimate of drug-likeness (QED) is 0.203. The van der Waals surface area contributed by atoms with Crippen molar-refractivity contribution >= 4 is 69.2 Å². The predicted octanol–water partition coefficient (Wildman–Crippen LogP) is 8.60. The molecule has 0 aliphatic carbocycles. The second-order valence-electron chi connectivity index (χ2n) is 10.2. The number of rotatable bonds is 6. The smallest absolute Gasteiger partial charge is 0.277 e. The third-order valence-electron chi connectivity index (χ3n) is 7.21. The summed E-state index contributed by atoms with van der Waals surface area (Å²) in [6.45, 7) is 12.2. The van der Waals surface area contributed by atoms with Crippen molar-refractivity contribution in [2.24, 2.45) is 9.98 Å². The molecule has 4 aromatic carbocycles. The van der Waals surface area contributed by atoms with E-state index in [2.05, 4.69) is 23.1 Å². The van der Waals surface area contributed by atoms with E-state index in [1.54, 1.807) is 34.1 Å². The van der Waals surface area contributed by atoms with Crippen LogP contribution in [-0.4, -0.2) is 36.3 Å². The molecule has 0 spiro atoms. The molecule has 0 saturated carbocycles. The normalized spacial score (nSPS) is 15.3. The van der Waals surface area contributed by atoms with Crippen molar-refractivity contribution in [1.82, 2.24) is 0 Å². The highest BCUT2D eigenvalue weighted by molar-refractivity contribution is 6.55. The molecule has 220 valence electrons. The molecule has 2 amide bonds. The minimum atomic E-state index is -0.113. The maximum absolute atomic E-state index is 12.6. The van der Waals surface area contributed by atoms with Gasteiger partial charge in [-0.3, -0.25) is 9.59 Å². The maximum atomic E-state index is 12.6. The summed E-state index contributed by atoms with van der Waals surface area (Å²) in [4.78, 5) is 37.6. The van der Waals surface area contributed by atoms with Gasteiger partial charge in [-0.25, -0.2) is 9.98 Å². The number of carbonyl (C=O) groups excluding carboxylic acids is 2. The zero-order valence-corrected chi connectivity index (χ0v) is 25.9. The number of anilines is 2. The summed E-state index contributed by atoms with van der Waals surface area (Å²) in [5.74, 6) is -0.226. The van der Waals surface area contributed by atoms with Gasteiger partial charge in [-0.2, -0.15) is 0 Å². The highest BCUT2D eigenvalue weighted by Crippen LogP contribution is 2.33. The van der Waals surface area contributed by atoms with Gasteiger partial charge in [-0.1, -0.05) is 83.9 Å². The van der Waals surface area contributed by atoms with Crippen molar-refractivity contribution in [2.75, 3.05) is 22.9 Å². The molecule has 2 aliphatic rings. The third-order valence-corrected chi connectivity index (χ3v) is 8.03. The van der Waals surface area contributed by atoms with Crippen molar-refractivity contribution in [2.45, 2.75) is 13.8 Å². The molecule has 8 heteroatoms. The molecule has 6 rings (SSSR count). The van der Waals surface area contributed by atoms with Crippen LogP contribution in [0.25, 0.3) is 0 Å². The lowest BCUT2D eigenvalue weighted by Crippen LogP contribution is -2.30. The molecule has 0 N–H and O–H groups in total. The van der Waals surface area contributed by atoms with Crippen molar-refractivity contribution in [3.63, 3.8) is 0 Å². The topological polar surface area (TPSA) is 65.3 Å². The summed E-state index contributed by atoms with van der Waals surface area (Å²) in [6.07, 6.45) is 3.42. The largest absolute Gasteiger partial charge is 0.303 e. The number of fused-ring (bicyclic) bond motifs is 2. The second-order valence-corrected chi connectivity index (χ2v) is 11.0. The highest BCUT2D eigenvalue weighted by atomic mass is 35.5. The molecule has 6 nitrogen and oxygen atoms in total. The minimum Gasteiger partial charge on any atom is -0.303 e. The molecule has 2 aliphatic heterocycles. The Bertz CT molecular complexity index is 1730. The van der Waals surface area contributed by atoms with E-state index in [1.807, 2.05) is 86.6 Å². The molecule has 4 aromatic rings. The first-order valence-electron chi connectivity index (χ1n) is 14.0. The molecule has 0 radical (unpaired) electrons. The van der Waals surface area contributed by atoms with Crippen LogP contribution in [0, 0.1) is 13.8 Å². The summed E-state index contributed by atoms with van der Waals surface area (Å²) in [5.41, 5.74) is 7.61. The van der Waals surface area contributed by atoms with Gasteiger partial charge in [0.25, 0.3) is 11.8 Å². The number of aryl methyl sites for hydroxylation is 2. The first kappa shape index (κ1) is 30.7. The average Bonchev–Trinajstić information content (AvgIpc) is 3.43. The number of benzene rings is 4. The number of carbonyl (C=O) groups is 2. The van der Waals surface area contributed by atoms with Gasteiger partial charge in [-0.15, -0.1) is 13.2 Å². The number of halogens is 2. The fourth-order valence-electron chi connectivity index (χ4n) is 4.92. The Balaban J connectivity index is 0.000000175. The standard InChI is InChI=1S/2C18H15ClN2O/c2*1-3-10-21-16-7-5-4-6-14(16)17(18(21)22)20-13-9-8-12(2)15(19)11-13/h2*3-9,11H,1,10H2,2H3. The van der Waals surface area contributed by atoms with Crippen LogP contribution in [0.15, 0.2) is 120 Å². The number of hydrogen-bond donors (Lipinski definition) is 0. The maximum Gasteiger partial charge on any atom is 0.277 e. The lowest BCUT2D eigenvalue weighted by atomic mass is 10.1. The minimum absolute atomic E-state index is 0.113. The molecule has 0 aromatic heterocycles. The Kier molecular flexibility index (Phi) is 9.23. The van der Waals surface area contributed by atoms with Gasteiger partial charge < -0.3 is 9.80 Å². The molecule has 2 heterocycles. The van der Waals surface area contributed by atoms with Crippen LogP contribution in [0.1, 0.15) is 22.3 Å². The number of aliphatic imine (C=N–C) groups is 2. The van der Waals surface area contributed by atoms with Crippen LogP contribution in [0.4, 0.5) is 22.7 Å². The monoisotopic (exact) mass is 620 g/mol. The van der Waals surface area contributed by atoms with Crippen molar-refractivity contribution in [3.8, 4) is 0 Å². The number of para-hydroxylation sites is 2. The van der Waals surface area contributed by atoms with Gasteiger partial charge in [0, 0.05) is 34.3 Å². The van der Waals surface area contributed by atoms with E-state index in [1.165, 1.54) is 0 Å². The molecule has 0 bridgehead atoms. The first-order valence-corrected chi connectivity index (χ1v) is 14.7. The Hall–Kier alpha value is -4.78. The van der Waals surface area contributed by atoms with E-state index >= 15 is 0 Å². The average molecular weight is 622 g/mol. The molecular weight excluding hydrogens is 591 g/mol. The Morgan fingerprint density at radius 3 is 1.39 bits per heavy atom. The van der Waals surface area contributed by atoms with E-state index in [9.17, 15) is 9.59 Å². The van der Waals surface area contributed by atoms with E-state index in [4.69, 9.17) is 23.2 Å². The number of amides is 2. The van der Waals surface area contributed by atoms with Gasteiger partial charge in [0.2, 0.25) is 0 Å². The first-order chi connectivity index (χ1) is 21.2. The fourth-order valence-corrected chi connectivity index (χ4v) is 5.27. The molecule has 44 heavy (non-hydrogen) atoms. The molecule has 0 fully saturated rings. The fraction of sp³-hybridized carbons (Fsp3) is 0.111. The Morgan fingerprint density at radius 1 is 0.636 bits per heavy atom. The van der Waals surface area contributed by atoms with Crippen LogP contribution < -0.4 is 9.80 Å². The third kappa shape index (κ3) is 6.13. The second kappa shape index (κ2) is 13.2. The Labute approximate surface area is 267 Å². The van der Waals surface area contributed by atoms with E-state index in [0.29, 0.717) is 45.9 Å². The van der Waals surface area contributed by atoms with Crippen molar-refractivity contribution in [3.05, 3.63) is 143 Å². The summed E-state index contributed by atoms with van der Waals surface area (Å²) in [7, 11) is 0. The zero-order chi connectivity index (χ0) is 31.4. The van der Waals surface area contributed by atoms with Crippen LogP contribution in [0.5, 0.6) is 0 Å². The molecular formula is C36H30Cl2N4O2. The van der Waals surface area contributed by atoms with Crippen molar-refractivity contribution < 1.29 is 9.59 Å². The van der Waals surface area contributed by atoms with Gasteiger partial charge in [0.05, 0.1) is 22.7 Å². The summed E-state index contributed by atoms with van der Waals surface area (Å²) >= 11 is 12.3. The zero-order valence-electron chi connectivity index (χ0n) is 24.4. The number of nitrogens with zero attached hydrogens (tertiary/aromatic N) is 4. The highest BCUT2D eigenvalue weighted by Gasteiger charge is 2.33. The van der Waals surface area contributed by atoms with Crippen LogP contribution in [-0.2, 0) is 9.59 Å². The van der Waals surface area contributed by atoms with E-state index < -0.39 is 0 Å². The summed E-state index contributed by atoms with van der Waals surface area (Å²) in [5, 5.41) is 1.28. The van der Waals surface area contributed by atoms with Gasteiger partial charge in [0.15, 0.2) is 0 Å². The lowest BCUT2D eigenvalue weighted by Gasteiger charge is -2.13. The lowest BCUT2D eigenvalue weighted by molar-refractivity contribution is -0.112. The van der Waals surface area contributed by atoms with Gasteiger partial charge >= 0.3 is 0 Å². The van der Waals surface area contributed by atoms with E-state index in [0.717, 1.165) is 33.6 Å².